The normalized spacial score (nSPS) is 20.7. The number of hydrogen-bond acceptors (Lipinski definition) is 3. The standard InChI is InChI=1S/C59H65N3/c1-34-18-35(2)23-42(22-34)60(43-24-36(3)19-37(4)25-43)46-30-50-55-52(32-46)59(13,14)53-33-47(61(44-26-38(5)20-39(6)27-44)45-28-40(7)21-41(8)29-45)31-51-56(53)62(55)54-48(57(50,9)10)16-15-17-49(54)58(51,11)12/h15-20,22-24,26-33,40,43H,21,25H2,1-14H3. The van der Waals surface area contributed by atoms with Crippen molar-refractivity contribution in [2.45, 2.75) is 132 Å². The largest absolute Gasteiger partial charge is 0.334 e. The topological polar surface area (TPSA) is 9.72 Å². The van der Waals surface area contributed by atoms with Crippen LogP contribution in [0.5, 0.6) is 0 Å². The average molecular weight is 816 g/mol. The molecule has 62 heavy (non-hydrogen) atoms. The molecule has 3 nitrogen and oxygen atoms in total. The van der Waals surface area contributed by atoms with E-state index in [1.54, 1.807) is 0 Å². The van der Waals surface area contributed by atoms with Crippen molar-refractivity contribution < 1.29 is 0 Å². The Kier molecular flexibility index (Phi) is 8.97. The van der Waals surface area contributed by atoms with Crippen molar-refractivity contribution in [3.63, 3.8) is 0 Å². The van der Waals surface area contributed by atoms with Crippen molar-refractivity contribution >= 4 is 39.8 Å². The Bertz CT molecular complexity index is 2850. The highest BCUT2D eigenvalue weighted by Crippen LogP contribution is 2.67. The summed E-state index contributed by atoms with van der Waals surface area (Å²) < 4.78 is 0. The molecule has 0 saturated heterocycles. The molecule has 2 unspecified atom stereocenters. The Balaban J connectivity index is 1.29. The van der Waals surface area contributed by atoms with Crippen LogP contribution in [0.25, 0.3) is 0 Å². The molecule has 0 spiro atoms. The van der Waals surface area contributed by atoms with Gasteiger partial charge in [0.15, 0.2) is 0 Å². The number of aryl methyl sites for hydroxylation is 4. The van der Waals surface area contributed by atoms with E-state index in [2.05, 4.69) is 215 Å². The molecule has 316 valence electrons. The maximum Gasteiger partial charge on any atom is 0.0564 e. The van der Waals surface area contributed by atoms with E-state index in [9.17, 15) is 0 Å². The lowest BCUT2D eigenvalue weighted by molar-refractivity contribution is 0.566. The zero-order valence-electron chi connectivity index (χ0n) is 39.7. The zero-order valence-corrected chi connectivity index (χ0v) is 39.7. The van der Waals surface area contributed by atoms with E-state index in [1.807, 2.05) is 0 Å². The fraction of sp³-hybridized carbons (Fsp3) is 0.356. The van der Waals surface area contributed by atoms with Crippen molar-refractivity contribution in [3.05, 3.63) is 181 Å². The van der Waals surface area contributed by atoms with Crippen molar-refractivity contribution in [3.8, 4) is 0 Å². The van der Waals surface area contributed by atoms with Gasteiger partial charge in [0.05, 0.1) is 23.1 Å². The molecule has 5 aliphatic rings. The van der Waals surface area contributed by atoms with E-state index in [0.29, 0.717) is 5.92 Å². The molecule has 0 fully saturated rings. The summed E-state index contributed by atoms with van der Waals surface area (Å²) >= 11 is 0. The monoisotopic (exact) mass is 816 g/mol. The van der Waals surface area contributed by atoms with Gasteiger partial charge in [-0.3, -0.25) is 0 Å². The number of rotatable bonds is 6. The van der Waals surface area contributed by atoms with Crippen LogP contribution < -0.4 is 14.7 Å². The Morgan fingerprint density at radius 3 is 1.40 bits per heavy atom. The lowest BCUT2D eigenvalue weighted by Crippen LogP contribution is -2.44. The molecule has 10 rings (SSSR count). The van der Waals surface area contributed by atoms with E-state index in [1.165, 1.54) is 118 Å². The van der Waals surface area contributed by atoms with Crippen LogP contribution in [0.3, 0.4) is 0 Å². The fourth-order valence-electron chi connectivity index (χ4n) is 12.3. The summed E-state index contributed by atoms with van der Waals surface area (Å²) in [6, 6.07) is 31.8. The van der Waals surface area contributed by atoms with Gasteiger partial charge in [0.1, 0.15) is 0 Å². The molecule has 5 aromatic rings. The predicted molar refractivity (Wildman–Crippen MR) is 265 cm³/mol. The predicted octanol–water partition coefficient (Wildman–Crippen LogP) is 16.1. The van der Waals surface area contributed by atoms with Crippen molar-refractivity contribution in [1.82, 2.24) is 0 Å². The molecule has 0 bridgehead atoms. The summed E-state index contributed by atoms with van der Waals surface area (Å²) in [4.78, 5) is 7.96. The van der Waals surface area contributed by atoms with Crippen LogP contribution in [0.2, 0.25) is 0 Å². The smallest absolute Gasteiger partial charge is 0.0564 e. The molecule has 5 aromatic carbocycles. The minimum absolute atomic E-state index is 0.194. The SMILES string of the molecule is CC1=CC(N(c2cc(C)cc(C)c2)c2cc3c4c(c2)C(C)(C)c2cc(N(C5=CC(C)CC(C)=C5)c5cc(C)cc(C)c5)cc5c2N4c2c(cccc2C3(C)C)C5(C)C)CC(C)=C1. The van der Waals surface area contributed by atoms with E-state index < -0.39 is 0 Å². The molecule has 0 aromatic heterocycles. The van der Waals surface area contributed by atoms with Gasteiger partial charge in [0.25, 0.3) is 0 Å². The van der Waals surface area contributed by atoms with Gasteiger partial charge in [-0.1, -0.05) is 114 Å². The molecular formula is C59H65N3. The first-order valence-corrected chi connectivity index (χ1v) is 23.1. The third kappa shape index (κ3) is 6.05. The number of anilines is 7. The molecule has 2 atom stereocenters. The minimum atomic E-state index is -0.330. The van der Waals surface area contributed by atoms with Crippen LogP contribution in [0.1, 0.15) is 138 Å². The fourth-order valence-corrected chi connectivity index (χ4v) is 12.3. The van der Waals surface area contributed by atoms with E-state index >= 15 is 0 Å². The Hall–Kier alpha value is -5.54. The summed E-state index contributed by atoms with van der Waals surface area (Å²) in [6.45, 7) is 33.1. The lowest BCUT2D eigenvalue weighted by Gasteiger charge is -2.55. The second-order valence-corrected chi connectivity index (χ2v) is 21.5. The second kappa shape index (κ2) is 13.7. The highest BCUT2D eigenvalue weighted by molar-refractivity contribution is 6.00. The molecule has 0 saturated carbocycles. The van der Waals surface area contributed by atoms with Gasteiger partial charge in [-0.2, -0.15) is 0 Å². The second-order valence-electron chi connectivity index (χ2n) is 21.5. The maximum absolute atomic E-state index is 2.72. The Morgan fingerprint density at radius 1 is 0.484 bits per heavy atom. The van der Waals surface area contributed by atoms with Crippen molar-refractivity contribution in [2.75, 3.05) is 14.7 Å². The van der Waals surface area contributed by atoms with Crippen LogP contribution >= 0.6 is 0 Å². The average Bonchev–Trinajstić information content (AvgIpc) is 3.16. The van der Waals surface area contributed by atoms with Crippen LogP contribution in [0.15, 0.2) is 126 Å². The molecule has 2 aliphatic carbocycles. The highest BCUT2D eigenvalue weighted by Gasteiger charge is 2.52. The van der Waals surface area contributed by atoms with E-state index in [-0.39, 0.29) is 22.3 Å². The van der Waals surface area contributed by atoms with Crippen LogP contribution in [0.4, 0.5) is 39.8 Å². The molecule has 0 amide bonds. The zero-order chi connectivity index (χ0) is 43.9. The summed E-state index contributed by atoms with van der Waals surface area (Å²) in [5, 5.41) is 0. The molecular weight excluding hydrogens is 751 g/mol. The highest BCUT2D eigenvalue weighted by atomic mass is 15.2. The van der Waals surface area contributed by atoms with Gasteiger partial charge < -0.3 is 14.7 Å². The van der Waals surface area contributed by atoms with Gasteiger partial charge in [-0.05, 0) is 177 Å². The van der Waals surface area contributed by atoms with Gasteiger partial charge in [0.2, 0.25) is 0 Å². The van der Waals surface area contributed by atoms with E-state index in [4.69, 9.17) is 0 Å². The molecule has 0 radical (unpaired) electrons. The van der Waals surface area contributed by atoms with Crippen molar-refractivity contribution in [1.29, 1.82) is 0 Å². The third-order valence-electron chi connectivity index (χ3n) is 15.0. The first-order chi connectivity index (χ1) is 29.2. The first kappa shape index (κ1) is 40.5. The third-order valence-corrected chi connectivity index (χ3v) is 15.0. The number of para-hydroxylation sites is 1. The van der Waals surface area contributed by atoms with Gasteiger partial charge in [0, 0.05) is 44.7 Å². The number of allylic oxidation sites excluding steroid dienone is 5. The van der Waals surface area contributed by atoms with E-state index in [0.717, 1.165) is 12.8 Å². The van der Waals surface area contributed by atoms with Crippen LogP contribution in [-0.2, 0) is 16.2 Å². The van der Waals surface area contributed by atoms with Crippen LogP contribution in [0, 0.1) is 33.6 Å². The number of benzene rings is 5. The summed E-state index contributed by atoms with van der Waals surface area (Å²) in [5.41, 5.74) is 27.3. The quantitative estimate of drug-likeness (QED) is 0.169. The lowest BCUT2D eigenvalue weighted by atomic mass is 9.60. The van der Waals surface area contributed by atoms with Crippen molar-refractivity contribution in [2.24, 2.45) is 5.92 Å². The molecule has 3 aliphatic heterocycles. The summed E-state index contributed by atoms with van der Waals surface area (Å²) in [5.74, 6) is 0.459. The maximum atomic E-state index is 2.72. The summed E-state index contributed by atoms with van der Waals surface area (Å²) in [7, 11) is 0. The Labute approximate surface area is 372 Å². The van der Waals surface area contributed by atoms with Crippen LogP contribution in [-0.4, -0.2) is 6.04 Å². The van der Waals surface area contributed by atoms with Gasteiger partial charge in [-0.15, -0.1) is 0 Å². The number of nitrogens with zero attached hydrogens (tertiary/aromatic N) is 3. The molecule has 3 heteroatoms. The minimum Gasteiger partial charge on any atom is -0.334 e. The van der Waals surface area contributed by atoms with Gasteiger partial charge in [-0.25, -0.2) is 0 Å². The Morgan fingerprint density at radius 2 is 0.903 bits per heavy atom. The first-order valence-electron chi connectivity index (χ1n) is 23.1. The van der Waals surface area contributed by atoms with Gasteiger partial charge >= 0.3 is 0 Å². The molecule has 0 N–H and O–H groups in total. The molecule has 3 heterocycles. The summed E-state index contributed by atoms with van der Waals surface area (Å²) in [6.07, 6.45) is 11.9. The number of hydrogen-bond donors (Lipinski definition) is 0.